The minimum atomic E-state index is -4.31. The Labute approximate surface area is 214 Å². The number of nitrogens with zero attached hydrogens (tertiary/aromatic N) is 2. The highest BCUT2D eigenvalue weighted by atomic mass is 32.2. The van der Waals surface area contributed by atoms with Gasteiger partial charge in [-0.05, 0) is 54.4 Å². The standard InChI is InChI=1S/C26H26N2O8S/c1-5-16-6-10-22(34-3)24(12-16)37(31,32)28(15-18-7-9-19(33-2)14-23(18)35-4)25-20-13-17(26(29)30)8-11-21(20)36-27-25/h6-14H,5,15H2,1-4H3,(H,29,30). The summed E-state index contributed by atoms with van der Waals surface area (Å²) in [4.78, 5) is 11.6. The predicted octanol–water partition coefficient (Wildman–Crippen LogP) is 4.51. The number of anilines is 1. The first-order valence-corrected chi connectivity index (χ1v) is 12.7. The van der Waals surface area contributed by atoms with Crippen molar-refractivity contribution < 1.29 is 37.1 Å². The average Bonchev–Trinajstić information content (AvgIpc) is 3.33. The first kappa shape index (κ1) is 25.8. The molecule has 37 heavy (non-hydrogen) atoms. The van der Waals surface area contributed by atoms with Crippen LogP contribution in [0.3, 0.4) is 0 Å². The molecule has 0 aliphatic heterocycles. The molecule has 0 fully saturated rings. The fourth-order valence-corrected chi connectivity index (χ4v) is 5.52. The quantitative estimate of drug-likeness (QED) is 0.317. The molecule has 0 saturated carbocycles. The fraction of sp³-hybridized carbons (Fsp3) is 0.231. The molecule has 4 aromatic rings. The Bertz CT molecular complexity index is 1560. The maximum Gasteiger partial charge on any atom is 0.335 e. The van der Waals surface area contributed by atoms with Crippen LogP contribution >= 0.6 is 0 Å². The van der Waals surface area contributed by atoms with Crippen molar-refractivity contribution in [2.75, 3.05) is 25.6 Å². The van der Waals surface area contributed by atoms with E-state index in [0.29, 0.717) is 23.5 Å². The van der Waals surface area contributed by atoms with E-state index in [9.17, 15) is 18.3 Å². The lowest BCUT2D eigenvalue weighted by Crippen LogP contribution is -2.31. The summed E-state index contributed by atoms with van der Waals surface area (Å²) >= 11 is 0. The lowest BCUT2D eigenvalue weighted by Gasteiger charge is -2.24. The number of rotatable bonds is 10. The molecule has 10 nitrogen and oxygen atoms in total. The van der Waals surface area contributed by atoms with Gasteiger partial charge in [0.15, 0.2) is 11.4 Å². The largest absolute Gasteiger partial charge is 0.497 e. The first-order chi connectivity index (χ1) is 17.7. The van der Waals surface area contributed by atoms with Crippen molar-refractivity contribution in [2.24, 2.45) is 0 Å². The van der Waals surface area contributed by atoms with Crippen molar-refractivity contribution >= 4 is 32.8 Å². The van der Waals surface area contributed by atoms with Gasteiger partial charge in [-0.2, -0.15) is 0 Å². The molecule has 0 radical (unpaired) electrons. The van der Waals surface area contributed by atoms with E-state index in [1.54, 1.807) is 36.4 Å². The molecule has 0 saturated heterocycles. The number of sulfonamides is 1. The van der Waals surface area contributed by atoms with E-state index in [4.69, 9.17) is 18.7 Å². The lowest BCUT2D eigenvalue weighted by atomic mass is 10.1. The van der Waals surface area contributed by atoms with E-state index in [-0.39, 0.29) is 39.5 Å². The van der Waals surface area contributed by atoms with Gasteiger partial charge in [-0.3, -0.25) is 0 Å². The van der Waals surface area contributed by atoms with Crippen molar-refractivity contribution in [3.8, 4) is 17.2 Å². The van der Waals surface area contributed by atoms with Crippen LogP contribution in [0.25, 0.3) is 11.0 Å². The number of hydrogen-bond acceptors (Lipinski definition) is 8. The van der Waals surface area contributed by atoms with E-state index >= 15 is 0 Å². The van der Waals surface area contributed by atoms with Crippen LogP contribution in [0.1, 0.15) is 28.4 Å². The highest BCUT2D eigenvalue weighted by Gasteiger charge is 2.33. The molecule has 3 aromatic carbocycles. The molecule has 194 valence electrons. The van der Waals surface area contributed by atoms with E-state index in [1.165, 1.54) is 39.5 Å². The van der Waals surface area contributed by atoms with Gasteiger partial charge in [0.2, 0.25) is 0 Å². The maximum absolute atomic E-state index is 14.3. The van der Waals surface area contributed by atoms with Crippen molar-refractivity contribution in [1.29, 1.82) is 0 Å². The summed E-state index contributed by atoms with van der Waals surface area (Å²) in [6, 6.07) is 14.1. The van der Waals surface area contributed by atoms with Crippen LogP contribution < -0.4 is 18.5 Å². The van der Waals surface area contributed by atoms with Crippen molar-refractivity contribution in [1.82, 2.24) is 5.16 Å². The second-order valence-electron chi connectivity index (χ2n) is 8.05. The van der Waals surface area contributed by atoms with Crippen LogP contribution in [-0.4, -0.2) is 46.0 Å². The number of carboxylic acids is 1. The van der Waals surface area contributed by atoms with Gasteiger partial charge in [0, 0.05) is 11.6 Å². The monoisotopic (exact) mass is 526 g/mol. The van der Waals surface area contributed by atoms with Crippen LogP contribution in [0, 0.1) is 0 Å². The molecular weight excluding hydrogens is 500 g/mol. The molecule has 0 aliphatic carbocycles. The zero-order valence-corrected chi connectivity index (χ0v) is 21.5. The molecule has 0 amide bonds. The molecule has 1 N–H and O–H groups in total. The minimum absolute atomic E-state index is 0.0399. The van der Waals surface area contributed by atoms with E-state index < -0.39 is 16.0 Å². The Morgan fingerprint density at radius 2 is 1.73 bits per heavy atom. The second-order valence-corrected chi connectivity index (χ2v) is 9.88. The number of ether oxygens (including phenoxy) is 3. The van der Waals surface area contributed by atoms with Crippen LogP contribution in [-0.2, 0) is 23.0 Å². The number of aryl methyl sites for hydroxylation is 1. The van der Waals surface area contributed by atoms with Gasteiger partial charge in [0.05, 0.1) is 38.8 Å². The van der Waals surface area contributed by atoms with Crippen LogP contribution in [0.4, 0.5) is 5.82 Å². The number of aromatic carboxylic acids is 1. The van der Waals surface area contributed by atoms with E-state index in [0.717, 1.165) is 9.87 Å². The zero-order valence-electron chi connectivity index (χ0n) is 20.7. The normalized spacial score (nSPS) is 11.4. The summed E-state index contributed by atoms with van der Waals surface area (Å²) in [5.74, 6) is -0.154. The average molecular weight is 527 g/mol. The lowest BCUT2D eigenvalue weighted by molar-refractivity contribution is 0.0697. The molecule has 0 bridgehead atoms. The molecular formula is C26H26N2O8S. The van der Waals surface area contributed by atoms with Crippen LogP contribution in [0.5, 0.6) is 17.2 Å². The molecule has 4 rings (SSSR count). The van der Waals surface area contributed by atoms with Crippen molar-refractivity contribution in [2.45, 2.75) is 24.8 Å². The number of benzene rings is 3. The summed E-state index contributed by atoms with van der Waals surface area (Å²) in [6.07, 6.45) is 0.605. The SMILES string of the molecule is CCc1ccc(OC)c(S(=O)(=O)N(Cc2ccc(OC)cc2OC)c2noc3ccc(C(=O)O)cc23)c1. The smallest absolute Gasteiger partial charge is 0.335 e. The van der Waals surface area contributed by atoms with Gasteiger partial charge in [-0.15, -0.1) is 0 Å². The third kappa shape index (κ3) is 4.90. The van der Waals surface area contributed by atoms with Gasteiger partial charge < -0.3 is 23.8 Å². The van der Waals surface area contributed by atoms with Crippen molar-refractivity contribution in [3.05, 3.63) is 71.3 Å². The Morgan fingerprint density at radius 1 is 0.973 bits per heavy atom. The van der Waals surface area contributed by atoms with E-state index in [1.807, 2.05) is 6.92 Å². The predicted molar refractivity (Wildman–Crippen MR) is 136 cm³/mol. The highest BCUT2D eigenvalue weighted by Crippen LogP contribution is 2.37. The minimum Gasteiger partial charge on any atom is -0.497 e. The molecule has 0 atom stereocenters. The van der Waals surface area contributed by atoms with Gasteiger partial charge in [0.1, 0.15) is 22.1 Å². The van der Waals surface area contributed by atoms with Crippen LogP contribution in [0.2, 0.25) is 0 Å². The highest BCUT2D eigenvalue weighted by molar-refractivity contribution is 7.93. The summed E-state index contributed by atoms with van der Waals surface area (Å²) in [7, 11) is 0.0605. The topological polar surface area (TPSA) is 128 Å². The molecule has 1 aromatic heterocycles. The Hall–Kier alpha value is -4.25. The fourth-order valence-electron chi connectivity index (χ4n) is 3.91. The Kier molecular flexibility index (Phi) is 7.25. The number of hydrogen-bond donors (Lipinski definition) is 1. The van der Waals surface area contributed by atoms with Gasteiger partial charge >= 0.3 is 5.97 Å². The summed E-state index contributed by atoms with van der Waals surface area (Å²) in [6.45, 7) is 1.71. The van der Waals surface area contributed by atoms with Crippen LogP contribution in [0.15, 0.2) is 64.0 Å². The second kappa shape index (κ2) is 10.4. The Balaban J connectivity index is 1.96. The molecule has 0 aliphatic rings. The first-order valence-electron chi connectivity index (χ1n) is 11.3. The number of carbonyl (C=O) groups is 1. The van der Waals surface area contributed by atoms with Gasteiger partial charge in [-0.25, -0.2) is 17.5 Å². The number of fused-ring (bicyclic) bond motifs is 1. The third-order valence-corrected chi connectivity index (χ3v) is 7.70. The maximum atomic E-state index is 14.3. The van der Waals surface area contributed by atoms with Crippen molar-refractivity contribution in [3.63, 3.8) is 0 Å². The van der Waals surface area contributed by atoms with Gasteiger partial charge in [-0.1, -0.05) is 18.1 Å². The molecule has 11 heteroatoms. The summed E-state index contributed by atoms with van der Waals surface area (Å²) < 4.78 is 51.1. The molecule has 0 spiro atoms. The number of carboxylic acid groups (broad SMARTS) is 1. The summed E-state index contributed by atoms with van der Waals surface area (Å²) in [5, 5.41) is 13.8. The molecule has 1 heterocycles. The Morgan fingerprint density at radius 3 is 2.38 bits per heavy atom. The van der Waals surface area contributed by atoms with E-state index in [2.05, 4.69) is 5.16 Å². The summed E-state index contributed by atoms with van der Waals surface area (Å²) in [5.41, 5.74) is 1.50. The van der Waals surface area contributed by atoms with Gasteiger partial charge in [0.25, 0.3) is 10.0 Å². The zero-order chi connectivity index (χ0) is 26.7. The molecule has 0 unspecified atom stereocenters. The number of aromatic nitrogens is 1. The third-order valence-electron chi connectivity index (χ3n) is 5.95. The number of methoxy groups -OCH3 is 3.